The molecule has 0 aromatic heterocycles. The van der Waals surface area contributed by atoms with Crippen LogP contribution in [-0.2, 0) is 9.59 Å². The molecule has 2 rings (SSSR count). The van der Waals surface area contributed by atoms with E-state index in [0.29, 0.717) is 0 Å². The highest BCUT2D eigenvalue weighted by atomic mass is 127. The van der Waals surface area contributed by atoms with Gasteiger partial charge in [0, 0.05) is 22.1 Å². The summed E-state index contributed by atoms with van der Waals surface area (Å²) in [5.74, 6) is -0.483. The smallest absolute Gasteiger partial charge is 0.240 e. The first-order valence-electron chi connectivity index (χ1n) is 7.89. The molecule has 5 nitrogen and oxygen atoms in total. The van der Waals surface area contributed by atoms with Gasteiger partial charge in [0.1, 0.15) is 0 Å². The van der Waals surface area contributed by atoms with Crippen molar-refractivity contribution in [2.24, 2.45) is 5.10 Å². The van der Waals surface area contributed by atoms with Gasteiger partial charge in [0.15, 0.2) is 0 Å². The lowest BCUT2D eigenvalue weighted by Crippen LogP contribution is -2.21. The topological polar surface area (TPSA) is 70.6 Å². The van der Waals surface area contributed by atoms with Gasteiger partial charge in [-0.15, -0.1) is 0 Å². The van der Waals surface area contributed by atoms with Crippen molar-refractivity contribution in [2.45, 2.75) is 26.7 Å². The molecule has 0 aliphatic rings. The van der Waals surface area contributed by atoms with Crippen LogP contribution in [0.3, 0.4) is 0 Å². The van der Waals surface area contributed by atoms with Gasteiger partial charge >= 0.3 is 0 Å². The molecule has 130 valence electrons. The molecular formula is C19H20IN3O2. The van der Waals surface area contributed by atoms with Crippen LogP contribution >= 0.6 is 22.6 Å². The first kappa shape index (κ1) is 19.1. The van der Waals surface area contributed by atoms with Crippen molar-refractivity contribution in [3.63, 3.8) is 0 Å². The summed E-state index contributed by atoms with van der Waals surface area (Å²) in [4.78, 5) is 23.7. The molecule has 6 heteroatoms. The largest absolute Gasteiger partial charge is 0.326 e. The van der Waals surface area contributed by atoms with Crippen LogP contribution in [0.5, 0.6) is 0 Å². The van der Waals surface area contributed by atoms with E-state index in [-0.39, 0.29) is 24.7 Å². The number of hydrogen-bond donors (Lipinski definition) is 2. The van der Waals surface area contributed by atoms with Crippen molar-refractivity contribution in [2.75, 3.05) is 5.32 Å². The number of aryl methyl sites for hydroxylation is 1. The number of benzene rings is 2. The number of carbonyl (C=O) groups excluding carboxylic acids is 2. The fourth-order valence-corrected chi connectivity index (χ4v) is 2.47. The van der Waals surface area contributed by atoms with Gasteiger partial charge in [-0.25, -0.2) is 5.43 Å². The summed E-state index contributed by atoms with van der Waals surface area (Å²) >= 11 is 2.22. The third kappa shape index (κ3) is 6.30. The normalized spacial score (nSPS) is 10.7. The minimum Gasteiger partial charge on any atom is -0.326 e. The molecule has 0 aliphatic carbocycles. The van der Waals surface area contributed by atoms with Crippen LogP contribution in [-0.4, -0.2) is 18.0 Å². The van der Waals surface area contributed by atoms with Gasteiger partial charge in [-0.1, -0.05) is 24.3 Å². The number of hydrazone groups is 1. The minimum absolute atomic E-state index is 0.0841. The maximum Gasteiger partial charge on any atom is 0.240 e. The number of amides is 2. The van der Waals surface area contributed by atoms with Gasteiger partial charge < -0.3 is 5.32 Å². The molecule has 0 fully saturated rings. The maximum atomic E-state index is 12.0. The average Bonchev–Trinajstić information content (AvgIpc) is 2.59. The number of nitrogens with zero attached hydrogens (tertiary/aromatic N) is 1. The Kier molecular flexibility index (Phi) is 7.12. The Morgan fingerprint density at radius 1 is 1.04 bits per heavy atom. The Morgan fingerprint density at radius 2 is 1.72 bits per heavy atom. The van der Waals surface area contributed by atoms with E-state index in [1.165, 1.54) is 0 Å². The molecule has 2 aromatic rings. The monoisotopic (exact) mass is 449 g/mol. The van der Waals surface area contributed by atoms with E-state index in [1.54, 1.807) is 6.21 Å². The predicted molar refractivity (Wildman–Crippen MR) is 109 cm³/mol. The second-order valence-corrected chi connectivity index (χ2v) is 6.89. The molecule has 0 saturated heterocycles. The van der Waals surface area contributed by atoms with Gasteiger partial charge in [0.25, 0.3) is 0 Å². The molecule has 0 aliphatic heterocycles. The zero-order valence-corrected chi connectivity index (χ0v) is 16.3. The fraction of sp³-hybridized carbons (Fsp3) is 0.211. The minimum atomic E-state index is -0.294. The lowest BCUT2D eigenvalue weighted by molar-refractivity contribution is -0.124. The van der Waals surface area contributed by atoms with Crippen molar-refractivity contribution in [3.05, 3.63) is 62.7 Å². The molecule has 0 spiro atoms. The van der Waals surface area contributed by atoms with Gasteiger partial charge in [0.2, 0.25) is 11.8 Å². The van der Waals surface area contributed by atoms with E-state index in [0.717, 1.165) is 25.9 Å². The molecule has 25 heavy (non-hydrogen) atoms. The van der Waals surface area contributed by atoms with E-state index in [9.17, 15) is 9.59 Å². The number of halogens is 1. The summed E-state index contributed by atoms with van der Waals surface area (Å²) in [5.41, 5.74) is 6.25. The summed E-state index contributed by atoms with van der Waals surface area (Å²) in [6.45, 7) is 3.95. The van der Waals surface area contributed by atoms with Crippen LogP contribution < -0.4 is 10.7 Å². The van der Waals surface area contributed by atoms with Crippen LogP contribution in [0.4, 0.5) is 5.69 Å². The van der Waals surface area contributed by atoms with Gasteiger partial charge in [-0.05, 0) is 71.3 Å². The maximum absolute atomic E-state index is 12.0. The third-order valence-electron chi connectivity index (χ3n) is 3.73. The van der Waals surface area contributed by atoms with Crippen molar-refractivity contribution in [1.82, 2.24) is 5.43 Å². The zero-order valence-electron chi connectivity index (χ0n) is 14.2. The SMILES string of the molecule is Cc1cccc(NC(=O)CCC(=O)N/N=C/c2ccc(I)cc2)c1C. The van der Waals surface area contributed by atoms with Gasteiger partial charge in [0.05, 0.1) is 6.21 Å². The lowest BCUT2D eigenvalue weighted by atomic mass is 10.1. The predicted octanol–water partition coefficient (Wildman–Crippen LogP) is 3.78. The van der Waals surface area contributed by atoms with E-state index >= 15 is 0 Å². The molecule has 2 aromatic carbocycles. The van der Waals surface area contributed by atoms with Gasteiger partial charge in [-0.3, -0.25) is 9.59 Å². The molecule has 0 radical (unpaired) electrons. The number of hydrogen-bond acceptors (Lipinski definition) is 3. The second-order valence-electron chi connectivity index (χ2n) is 5.64. The quantitative estimate of drug-likeness (QED) is 0.401. The molecule has 0 bridgehead atoms. The van der Waals surface area contributed by atoms with Crippen molar-refractivity contribution in [3.8, 4) is 0 Å². The lowest BCUT2D eigenvalue weighted by Gasteiger charge is -2.10. The Bertz CT molecular complexity index is 786. The summed E-state index contributed by atoms with van der Waals surface area (Å²) in [6.07, 6.45) is 1.77. The molecule has 0 saturated carbocycles. The Morgan fingerprint density at radius 3 is 2.44 bits per heavy atom. The van der Waals surface area contributed by atoms with Gasteiger partial charge in [-0.2, -0.15) is 5.10 Å². The number of rotatable bonds is 6. The molecule has 2 amide bonds. The fourth-order valence-electron chi connectivity index (χ4n) is 2.11. The second kappa shape index (κ2) is 9.31. The third-order valence-corrected chi connectivity index (χ3v) is 4.45. The highest BCUT2D eigenvalue weighted by molar-refractivity contribution is 14.1. The summed E-state index contributed by atoms with van der Waals surface area (Å²) in [7, 11) is 0. The van der Waals surface area contributed by atoms with Crippen molar-refractivity contribution in [1.29, 1.82) is 0 Å². The summed E-state index contributed by atoms with van der Waals surface area (Å²) in [6, 6.07) is 13.5. The number of nitrogens with one attached hydrogen (secondary N) is 2. The summed E-state index contributed by atoms with van der Waals surface area (Å²) in [5, 5.41) is 6.74. The van der Waals surface area contributed by atoms with Crippen LogP contribution in [0.1, 0.15) is 29.5 Å². The Labute approximate surface area is 161 Å². The van der Waals surface area contributed by atoms with Crippen molar-refractivity contribution < 1.29 is 9.59 Å². The van der Waals surface area contributed by atoms with Crippen molar-refractivity contribution >= 4 is 46.3 Å². The summed E-state index contributed by atoms with van der Waals surface area (Å²) < 4.78 is 1.13. The van der Waals surface area contributed by atoms with E-state index in [2.05, 4.69) is 38.4 Å². The zero-order chi connectivity index (χ0) is 18.2. The van der Waals surface area contributed by atoms with E-state index in [1.807, 2.05) is 56.3 Å². The highest BCUT2D eigenvalue weighted by Gasteiger charge is 2.08. The molecule has 2 N–H and O–H groups in total. The molecular weight excluding hydrogens is 429 g/mol. The van der Waals surface area contributed by atoms with E-state index < -0.39 is 0 Å². The first-order valence-corrected chi connectivity index (χ1v) is 8.97. The van der Waals surface area contributed by atoms with E-state index in [4.69, 9.17) is 0 Å². The number of anilines is 1. The first-order chi connectivity index (χ1) is 12.0. The standard InChI is InChI=1S/C19H20IN3O2/c1-13-4-3-5-17(14(13)2)22-18(24)10-11-19(25)23-21-12-15-6-8-16(20)9-7-15/h3-9,12H,10-11H2,1-2H3,(H,22,24)(H,23,25)/b21-12+. The number of carbonyl (C=O) groups is 2. The Balaban J connectivity index is 1.76. The highest BCUT2D eigenvalue weighted by Crippen LogP contribution is 2.18. The average molecular weight is 449 g/mol. The Hall–Kier alpha value is -2.22. The van der Waals surface area contributed by atoms with Crippen LogP contribution in [0.25, 0.3) is 0 Å². The molecule has 0 atom stereocenters. The van der Waals surface area contributed by atoms with Crippen LogP contribution in [0.2, 0.25) is 0 Å². The van der Waals surface area contributed by atoms with Crippen LogP contribution in [0, 0.1) is 17.4 Å². The van der Waals surface area contributed by atoms with Crippen LogP contribution in [0.15, 0.2) is 47.6 Å². The molecule has 0 heterocycles. The molecule has 0 unspecified atom stereocenters.